The van der Waals surface area contributed by atoms with Gasteiger partial charge in [-0.1, -0.05) is 23.7 Å². The molecule has 1 heterocycles. The van der Waals surface area contributed by atoms with E-state index in [0.29, 0.717) is 11.7 Å². The average molecular weight is 210 g/mol. The van der Waals surface area contributed by atoms with Gasteiger partial charge in [-0.15, -0.1) is 0 Å². The number of pyridine rings is 1. The molecule has 2 nitrogen and oxygen atoms in total. The molecule has 1 aromatic heterocycles. The summed E-state index contributed by atoms with van der Waals surface area (Å²) in [5.74, 6) is -0.443. The Morgan fingerprint density at radius 3 is 2.93 bits per heavy atom. The summed E-state index contributed by atoms with van der Waals surface area (Å²) in [7, 11) is 0. The lowest BCUT2D eigenvalue weighted by Gasteiger charge is -2.02. The third kappa shape index (κ3) is 1.26. The van der Waals surface area contributed by atoms with E-state index in [-0.39, 0.29) is 16.1 Å². The van der Waals surface area contributed by atoms with Crippen LogP contribution >= 0.6 is 11.6 Å². The highest BCUT2D eigenvalue weighted by Gasteiger charge is 2.08. The Morgan fingerprint density at radius 2 is 2.21 bits per heavy atom. The van der Waals surface area contributed by atoms with E-state index in [1.165, 1.54) is 18.3 Å². The number of hydrogen-bond donors (Lipinski definition) is 0. The van der Waals surface area contributed by atoms with Crippen molar-refractivity contribution in [3.05, 3.63) is 40.8 Å². The maximum absolute atomic E-state index is 13.2. The fourth-order valence-corrected chi connectivity index (χ4v) is 1.50. The monoisotopic (exact) mass is 209 g/mol. The van der Waals surface area contributed by atoms with E-state index in [0.717, 1.165) is 0 Å². The number of nitrogens with zero attached hydrogens (tertiary/aromatic N) is 1. The number of aromatic nitrogens is 1. The van der Waals surface area contributed by atoms with E-state index in [2.05, 4.69) is 4.98 Å². The second-order valence-electron chi connectivity index (χ2n) is 2.78. The molecular formula is C10H5ClFNO. The number of aldehydes is 1. The molecule has 0 aliphatic heterocycles. The van der Waals surface area contributed by atoms with E-state index in [4.69, 9.17) is 11.6 Å². The fourth-order valence-electron chi connectivity index (χ4n) is 1.25. The van der Waals surface area contributed by atoms with Gasteiger partial charge >= 0.3 is 0 Å². The molecule has 0 saturated carbocycles. The van der Waals surface area contributed by atoms with Crippen LogP contribution in [0.1, 0.15) is 10.4 Å². The molecule has 0 radical (unpaired) electrons. The molecule has 0 bridgehead atoms. The van der Waals surface area contributed by atoms with Gasteiger partial charge in [-0.2, -0.15) is 0 Å². The highest BCUT2D eigenvalue weighted by Crippen LogP contribution is 2.25. The molecule has 0 amide bonds. The lowest BCUT2D eigenvalue weighted by Crippen LogP contribution is -1.90. The summed E-state index contributed by atoms with van der Waals surface area (Å²) in [6, 6.07) is 4.45. The Labute approximate surface area is 84.3 Å². The number of halogens is 2. The first-order chi connectivity index (χ1) is 6.74. The topological polar surface area (TPSA) is 30.0 Å². The van der Waals surface area contributed by atoms with Gasteiger partial charge in [0.1, 0.15) is 11.3 Å². The molecule has 0 aliphatic rings. The van der Waals surface area contributed by atoms with E-state index >= 15 is 0 Å². The summed E-state index contributed by atoms with van der Waals surface area (Å²) in [6.45, 7) is 0. The molecule has 2 rings (SSSR count). The first-order valence-corrected chi connectivity index (χ1v) is 4.29. The molecule has 0 saturated heterocycles. The van der Waals surface area contributed by atoms with Crippen molar-refractivity contribution in [2.24, 2.45) is 0 Å². The third-order valence-corrected chi connectivity index (χ3v) is 2.36. The van der Waals surface area contributed by atoms with Crippen molar-refractivity contribution >= 4 is 28.8 Å². The van der Waals surface area contributed by atoms with Crippen molar-refractivity contribution in [3.8, 4) is 0 Å². The van der Waals surface area contributed by atoms with Crippen LogP contribution in [-0.2, 0) is 0 Å². The zero-order valence-electron chi connectivity index (χ0n) is 7.00. The van der Waals surface area contributed by atoms with Crippen molar-refractivity contribution in [3.63, 3.8) is 0 Å². The van der Waals surface area contributed by atoms with Crippen LogP contribution in [0.25, 0.3) is 10.9 Å². The maximum atomic E-state index is 13.2. The summed E-state index contributed by atoms with van der Waals surface area (Å²) in [5, 5.41) is 0.695. The average Bonchev–Trinajstić information content (AvgIpc) is 2.20. The lowest BCUT2D eigenvalue weighted by atomic mass is 10.1. The van der Waals surface area contributed by atoms with Gasteiger partial charge in [0, 0.05) is 11.6 Å². The maximum Gasteiger partial charge on any atom is 0.153 e. The molecule has 0 fully saturated rings. The lowest BCUT2D eigenvalue weighted by molar-refractivity contribution is 0.112. The van der Waals surface area contributed by atoms with Crippen LogP contribution in [0.4, 0.5) is 4.39 Å². The van der Waals surface area contributed by atoms with Gasteiger partial charge in [-0.25, -0.2) is 4.39 Å². The van der Waals surface area contributed by atoms with Crippen molar-refractivity contribution in [1.82, 2.24) is 4.98 Å². The van der Waals surface area contributed by atoms with Crippen LogP contribution < -0.4 is 0 Å². The SMILES string of the molecule is O=Cc1cnc2c(F)cccc2c1Cl. The number of rotatable bonds is 1. The van der Waals surface area contributed by atoms with E-state index < -0.39 is 5.82 Å². The fraction of sp³-hybridized carbons (Fsp3) is 0. The van der Waals surface area contributed by atoms with Crippen molar-refractivity contribution < 1.29 is 9.18 Å². The van der Waals surface area contributed by atoms with Gasteiger partial charge in [0.15, 0.2) is 6.29 Å². The summed E-state index contributed by atoms with van der Waals surface area (Å²) >= 11 is 5.88. The summed E-state index contributed by atoms with van der Waals surface area (Å²) in [5.41, 5.74) is 0.452. The molecule has 70 valence electrons. The minimum atomic E-state index is -0.443. The van der Waals surface area contributed by atoms with Crippen molar-refractivity contribution in [2.45, 2.75) is 0 Å². The summed E-state index contributed by atoms with van der Waals surface area (Å²) in [4.78, 5) is 14.4. The number of para-hydroxylation sites is 1. The number of fused-ring (bicyclic) bond motifs is 1. The molecular weight excluding hydrogens is 205 g/mol. The normalized spacial score (nSPS) is 10.4. The smallest absolute Gasteiger partial charge is 0.153 e. The van der Waals surface area contributed by atoms with Crippen LogP contribution in [0.5, 0.6) is 0 Å². The minimum absolute atomic E-state index is 0.183. The van der Waals surface area contributed by atoms with E-state index in [9.17, 15) is 9.18 Å². The molecule has 0 spiro atoms. The molecule has 4 heteroatoms. The first-order valence-electron chi connectivity index (χ1n) is 3.92. The molecule has 14 heavy (non-hydrogen) atoms. The highest BCUT2D eigenvalue weighted by molar-refractivity contribution is 6.37. The van der Waals surface area contributed by atoms with E-state index in [1.807, 2.05) is 0 Å². The van der Waals surface area contributed by atoms with Gasteiger partial charge in [0.25, 0.3) is 0 Å². The number of carbonyl (C=O) groups excluding carboxylic acids is 1. The van der Waals surface area contributed by atoms with Crippen LogP contribution in [0, 0.1) is 5.82 Å². The quantitative estimate of drug-likeness (QED) is 0.676. The molecule has 2 aromatic rings. The largest absolute Gasteiger partial charge is 0.298 e. The molecule has 0 atom stereocenters. The number of hydrogen-bond acceptors (Lipinski definition) is 2. The Balaban J connectivity index is 2.90. The Morgan fingerprint density at radius 1 is 1.43 bits per heavy atom. The minimum Gasteiger partial charge on any atom is -0.298 e. The number of carbonyl (C=O) groups is 1. The van der Waals surface area contributed by atoms with Crippen molar-refractivity contribution in [2.75, 3.05) is 0 Å². The molecule has 1 aromatic carbocycles. The van der Waals surface area contributed by atoms with Crippen LogP contribution in [-0.4, -0.2) is 11.3 Å². The zero-order valence-corrected chi connectivity index (χ0v) is 7.75. The van der Waals surface area contributed by atoms with Crippen LogP contribution in [0.2, 0.25) is 5.02 Å². The van der Waals surface area contributed by atoms with Gasteiger partial charge < -0.3 is 0 Å². The van der Waals surface area contributed by atoms with Crippen LogP contribution in [0.15, 0.2) is 24.4 Å². The van der Waals surface area contributed by atoms with Crippen LogP contribution in [0.3, 0.4) is 0 Å². The van der Waals surface area contributed by atoms with E-state index in [1.54, 1.807) is 6.07 Å². The standard InChI is InChI=1S/C10H5ClFNO/c11-9-6(5-14)4-13-10-7(9)2-1-3-8(10)12/h1-5H. The number of benzene rings is 1. The predicted octanol–water partition coefficient (Wildman–Crippen LogP) is 2.84. The zero-order chi connectivity index (χ0) is 10.1. The second kappa shape index (κ2) is 3.35. The molecule has 0 aliphatic carbocycles. The predicted molar refractivity (Wildman–Crippen MR) is 52.1 cm³/mol. The first kappa shape index (κ1) is 9.09. The molecule has 0 unspecified atom stereocenters. The van der Waals surface area contributed by atoms with Gasteiger partial charge in [-0.05, 0) is 6.07 Å². The summed E-state index contributed by atoms with van der Waals surface area (Å²) < 4.78 is 13.2. The van der Waals surface area contributed by atoms with Gasteiger partial charge in [0.2, 0.25) is 0 Å². The highest BCUT2D eigenvalue weighted by atomic mass is 35.5. The second-order valence-corrected chi connectivity index (χ2v) is 3.16. The van der Waals surface area contributed by atoms with Crippen molar-refractivity contribution in [1.29, 1.82) is 0 Å². The third-order valence-electron chi connectivity index (χ3n) is 1.94. The van der Waals surface area contributed by atoms with Gasteiger partial charge in [-0.3, -0.25) is 9.78 Å². The molecule has 0 N–H and O–H groups in total. The van der Waals surface area contributed by atoms with Gasteiger partial charge in [0.05, 0.1) is 10.6 Å². The summed E-state index contributed by atoms with van der Waals surface area (Å²) in [6.07, 6.45) is 1.86. The Bertz CT molecular complexity index is 513. The Kier molecular flexibility index (Phi) is 2.17. The Hall–Kier alpha value is -1.48.